The van der Waals surface area contributed by atoms with E-state index in [0.29, 0.717) is 6.61 Å². The van der Waals surface area contributed by atoms with Gasteiger partial charge in [0.25, 0.3) is 0 Å². The molecule has 0 radical (unpaired) electrons. The number of benzene rings is 1. The average molecular weight is 219 g/mol. The first-order valence-electron chi connectivity index (χ1n) is 4.78. The maximum absolute atomic E-state index is 11.1. The lowest BCUT2D eigenvalue weighted by Crippen LogP contribution is -2.27. The lowest BCUT2D eigenvalue weighted by atomic mass is 10.2. The molecule has 0 heterocycles. The largest absolute Gasteiger partial charge is 0.508 e. The second-order valence-electron chi connectivity index (χ2n) is 3.14. The van der Waals surface area contributed by atoms with Crippen molar-refractivity contribution in [3.05, 3.63) is 29.8 Å². The molecular weight excluding hydrogens is 206 g/mol. The lowest BCUT2D eigenvalue weighted by molar-refractivity contribution is -0.125. The monoisotopic (exact) mass is 219 g/mol. The topological polar surface area (TPSA) is 58.6 Å². The Bertz CT molecular complexity index is 378. The average Bonchev–Trinajstić information content (AvgIpc) is 2.29. The van der Waals surface area contributed by atoms with Gasteiger partial charge in [0.05, 0.1) is 13.2 Å². The van der Waals surface area contributed by atoms with Gasteiger partial charge >= 0.3 is 0 Å². The molecule has 4 heteroatoms. The van der Waals surface area contributed by atoms with Gasteiger partial charge in [0.2, 0.25) is 5.91 Å². The number of aromatic hydroxyl groups is 1. The molecule has 0 atom stereocenters. The second-order valence-corrected chi connectivity index (χ2v) is 3.14. The molecule has 0 saturated heterocycles. The van der Waals surface area contributed by atoms with Gasteiger partial charge in [-0.05, 0) is 17.7 Å². The van der Waals surface area contributed by atoms with Gasteiger partial charge in [0, 0.05) is 0 Å². The highest BCUT2D eigenvalue weighted by Crippen LogP contribution is 2.10. The van der Waals surface area contributed by atoms with E-state index in [2.05, 4.69) is 11.2 Å². The Hall–Kier alpha value is -1.99. The van der Waals surface area contributed by atoms with Gasteiger partial charge in [-0.25, -0.2) is 0 Å². The highest BCUT2D eigenvalue weighted by atomic mass is 16.5. The first-order valence-corrected chi connectivity index (χ1v) is 4.78. The van der Waals surface area contributed by atoms with Crippen LogP contribution in [0.1, 0.15) is 5.56 Å². The maximum atomic E-state index is 11.1. The highest BCUT2D eigenvalue weighted by Gasteiger charge is 2.00. The number of carbonyl (C=O) groups excluding carboxylic acids is 1. The number of amides is 1. The third-order valence-electron chi connectivity index (χ3n) is 1.83. The fourth-order valence-electron chi connectivity index (χ4n) is 1.05. The Labute approximate surface area is 94.2 Å². The molecule has 1 aromatic carbocycles. The normalized spacial score (nSPS) is 9.44. The summed E-state index contributed by atoms with van der Waals surface area (Å²) in [6.45, 7) is 0.508. The Morgan fingerprint density at radius 2 is 2.12 bits per heavy atom. The van der Waals surface area contributed by atoms with E-state index in [9.17, 15) is 4.79 Å². The number of phenols is 1. The van der Waals surface area contributed by atoms with Crippen LogP contribution in [0.2, 0.25) is 0 Å². The van der Waals surface area contributed by atoms with Crippen LogP contribution in [0.25, 0.3) is 0 Å². The predicted molar refractivity (Wildman–Crippen MR) is 59.6 cm³/mol. The van der Waals surface area contributed by atoms with Crippen LogP contribution in [0.15, 0.2) is 24.3 Å². The smallest absolute Gasteiger partial charge is 0.246 e. The van der Waals surface area contributed by atoms with Crippen LogP contribution in [0.4, 0.5) is 0 Å². The van der Waals surface area contributed by atoms with E-state index >= 15 is 0 Å². The highest BCUT2D eigenvalue weighted by molar-refractivity contribution is 5.77. The van der Waals surface area contributed by atoms with Gasteiger partial charge in [-0.1, -0.05) is 18.1 Å². The summed E-state index contributed by atoms with van der Waals surface area (Å²) in [6.07, 6.45) is 4.98. The summed E-state index contributed by atoms with van der Waals surface area (Å²) < 4.78 is 5.16. The Morgan fingerprint density at radius 1 is 1.44 bits per heavy atom. The number of hydrogen-bond donors (Lipinski definition) is 2. The molecule has 0 fully saturated rings. The van der Waals surface area contributed by atoms with Crippen molar-refractivity contribution < 1.29 is 14.6 Å². The van der Waals surface area contributed by atoms with E-state index in [1.165, 1.54) is 0 Å². The number of ether oxygens (including phenoxy) is 1. The number of terminal acetylenes is 1. The van der Waals surface area contributed by atoms with Gasteiger partial charge in [-0.15, -0.1) is 6.42 Å². The number of hydrogen-bond acceptors (Lipinski definition) is 3. The molecule has 4 nitrogen and oxygen atoms in total. The number of phenolic OH excluding ortho intramolecular Hbond substituents is 1. The van der Waals surface area contributed by atoms with Crippen molar-refractivity contribution in [2.24, 2.45) is 0 Å². The first-order chi connectivity index (χ1) is 7.72. The zero-order valence-corrected chi connectivity index (χ0v) is 8.77. The minimum Gasteiger partial charge on any atom is -0.508 e. The molecule has 16 heavy (non-hydrogen) atoms. The van der Waals surface area contributed by atoms with Gasteiger partial charge in [-0.3, -0.25) is 4.79 Å². The van der Waals surface area contributed by atoms with Crippen molar-refractivity contribution in [1.29, 1.82) is 0 Å². The molecule has 0 aromatic heterocycles. The molecule has 0 bridgehead atoms. The van der Waals surface area contributed by atoms with Crippen molar-refractivity contribution in [3.63, 3.8) is 0 Å². The molecule has 0 saturated carbocycles. The summed E-state index contributed by atoms with van der Waals surface area (Å²) >= 11 is 0. The number of carbonyl (C=O) groups is 1. The molecule has 0 spiro atoms. The molecule has 1 rings (SSSR count). The van der Waals surface area contributed by atoms with E-state index in [1.54, 1.807) is 24.3 Å². The van der Waals surface area contributed by atoms with Crippen molar-refractivity contribution in [2.75, 3.05) is 13.2 Å². The predicted octanol–water partition coefficient (Wildman–Crippen LogP) is 0.658. The van der Waals surface area contributed by atoms with Crippen LogP contribution < -0.4 is 5.32 Å². The van der Waals surface area contributed by atoms with Crippen molar-refractivity contribution in [2.45, 2.75) is 6.61 Å². The summed E-state index contributed by atoms with van der Waals surface area (Å²) in [4.78, 5) is 11.1. The van der Waals surface area contributed by atoms with E-state index in [4.69, 9.17) is 16.3 Å². The van der Waals surface area contributed by atoms with Crippen LogP contribution in [0.3, 0.4) is 0 Å². The standard InChI is InChI=1S/C12H13NO3/c1-2-7-13-12(15)9-16-8-10-3-5-11(14)6-4-10/h1,3-6,14H,7-9H2,(H,13,15). The Balaban J connectivity index is 2.23. The molecule has 0 aliphatic heterocycles. The van der Waals surface area contributed by atoms with Crippen LogP contribution >= 0.6 is 0 Å². The summed E-state index contributed by atoms with van der Waals surface area (Å²) in [5, 5.41) is 11.5. The van der Waals surface area contributed by atoms with Crippen molar-refractivity contribution in [1.82, 2.24) is 5.32 Å². The minimum absolute atomic E-state index is 0.0252. The summed E-state index contributed by atoms with van der Waals surface area (Å²) in [5.41, 5.74) is 0.891. The molecule has 2 N–H and O–H groups in total. The molecule has 1 aromatic rings. The molecule has 1 amide bonds. The Kier molecular flexibility index (Phi) is 4.90. The summed E-state index contributed by atoms with van der Waals surface area (Å²) in [5.74, 6) is 2.26. The van der Waals surface area contributed by atoms with Crippen LogP contribution in [0, 0.1) is 12.3 Å². The van der Waals surface area contributed by atoms with Gasteiger partial charge in [0.1, 0.15) is 12.4 Å². The molecule has 0 unspecified atom stereocenters. The second kappa shape index (κ2) is 6.49. The zero-order chi connectivity index (χ0) is 11.8. The maximum Gasteiger partial charge on any atom is 0.246 e. The number of rotatable bonds is 5. The molecular formula is C12H13NO3. The Morgan fingerprint density at radius 3 is 2.75 bits per heavy atom. The summed E-state index contributed by atoms with van der Waals surface area (Å²) in [7, 11) is 0. The van der Waals surface area contributed by atoms with Crippen LogP contribution in [-0.4, -0.2) is 24.2 Å². The van der Waals surface area contributed by atoms with E-state index < -0.39 is 0 Å². The van der Waals surface area contributed by atoms with E-state index in [0.717, 1.165) is 5.56 Å². The van der Waals surface area contributed by atoms with Crippen LogP contribution in [-0.2, 0) is 16.1 Å². The van der Waals surface area contributed by atoms with E-state index in [1.807, 2.05) is 0 Å². The van der Waals surface area contributed by atoms with Crippen molar-refractivity contribution in [3.8, 4) is 18.1 Å². The minimum atomic E-state index is -0.239. The van der Waals surface area contributed by atoms with Gasteiger partial charge in [0.15, 0.2) is 0 Å². The fraction of sp³-hybridized carbons (Fsp3) is 0.250. The van der Waals surface area contributed by atoms with Crippen molar-refractivity contribution >= 4 is 5.91 Å². The summed E-state index contributed by atoms with van der Waals surface area (Å²) in [6, 6.07) is 6.59. The van der Waals surface area contributed by atoms with Gasteiger partial charge in [-0.2, -0.15) is 0 Å². The molecule has 84 valence electrons. The van der Waals surface area contributed by atoms with Crippen LogP contribution in [0.5, 0.6) is 5.75 Å². The third-order valence-corrected chi connectivity index (χ3v) is 1.83. The molecule has 0 aliphatic carbocycles. The lowest BCUT2D eigenvalue weighted by Gasteiger charge is -2.04. The van der Waals surface area contributed by atoms with Gasteiger partial charge < -0.3 is 15.2 Å². The van der Waals surface area contributed by atoms with E-state index in [-0.39, 0.29) is 24.8 Å². The third kappa shape index (κ3) is 4.49. The first kappa shape index (κ1) is 12.1. The number of nitrogens with one attached hydrogen (secondary N) is 1. The SMILES string of the molecule is C#CCNC(=O)COCc1ccc(O)cc1. The molecule has 0 aliphatic rings. The zero-order valence-electron chi connectivity index (χ0n) is 8.77. The fourth-order valence-corrected chi connectivity index (χ4v) is 1.05. The quantitative estimate of drug-likeness (QED) is 0.715.